The molecule has 0 aromatic carbocycles. The third-order valence-corrected chi connectivity index (χ3v) is 7.81. The van der Waals surface area contributed by atoms with Gasteiger partial charge in [0, 0.05) is 18.6 Å². The van der Waals surface area contributed by atoms with Crippen LogP contribution in [0.2, 0.25) is 0 Å². The van der Waals surface area contributed by atoms with E-state index in [9.17, 15) is 14.7 Å². The molecule has 234 valence electrons. The molecule has 0 aromatic rings. The predicted molar refractivity (Wildman–Crippen MR) is 164 cm³/mol. The van der Waals surface area contributed by atoms with E-state index in [0.717, 1.165) is 32.1 Å². The summed E-state index contributed by atoms with van der Waals surface area (Å²) in [5.41, 5.74) is 1.16. The second-order valence-corrected chi connectivity index (χ2v) is 11.7. The van der Waals surface area contributed by atoms with E-state index in [1.54, 1.807) is 21.0 Å². The Balaban J connectivity index is 2.62. The normalized spacial score (nSPS) is 23.9. The minimum absolute atomic E-state index is 0.0721. The molecule has 1 heterocycles. The fraction of sp³-hybridized carbons (Fsp3) is 0.706. The van der Waals surface area contributed by atoms with Crippen molar-refractivity contribution in [2.24, 2.45) is 23.7 Å². The first-order valence-corrected chi connectivity index (χ1v) is 15.3. The number of hydrogen-bond donors (Lipinski definition) is 1. The van der Waals surface area contributed by atoms with Crippen LogP contribution in [0.3, 0.4) is 0 Å². The summed E-state index contributed by atoms with van der Waals surface area (Å²) in [4.78, 5) is 24.1. The second kappa shape index (κ2) is 19.8. The zero-order chi connectivity index (χ0) is 30.9. The van der Waals surface area contributed by atoms with Crippen molar-refractivity contribution in [1.29, 1.82) is 0 Å². The van der Waals surface area contributed by atoms with Gasteiger partial charge in [0.05, 0.1) is 43.7 Å². The number of methoxy groups -OCH3 is 2. The van der Waals surface area contributed by atoms with E-state index in [1.807, 2.05) is 37.3 Å². The van der Waals surface area contributed by atoms with Crippen molar-refractivity contribution in [3.63, 3.8) is 0 Å². The first-order valence-electron chi connectivity index (χ1n) is 15.3. The predicted octanol–water partition coefficient (Wildman–Crippen LogP) is 6.76. The quantitative estimate of drug-likeness (QED) is 0.0634. The average molecular weight is 577 g/mol. The van der Waals surface area contributed by atoms with E-state index in [-0.39, 0.29) is 48.0 Å². The summed E-state index contributed by atoms with van der Waals surface area (Å²) in [5, 5.41) is 10.6. The lowest BCUT2D eigenvalue weighted by Gasteiger charge is -2.22. The van der Waals surface area contributed by atoms with Crippen molar-refractivity contribution in [3.8, 4) is 0 Å². The van der Waals surface area contributed by atoms with Crippen LogP contribution in [0.15, 0.2) is 47.6 Å². The lowest BCUT2D eigenvalue weighted by Crippen LogP contribution is -2.27. The Labute approximate surface area is 249 Å². The van der Waals surface area contributed by atoms with E-state index in [1.165, 1.54) is 7.11 Å². The number of allylic oxidation sites excluding steroid dienone is 3. The summed E-state index contributed by atoms with van der Waals surface area (Å²) in [6.07, 6.45) is 16.4. The van der Waals surface area contributed by atoms with Crippen LogP contribution in [-0.2, 0) is 28.5 Å². The van der Waals surface area contributed by atoms with Gasteiger partial charge in [-0.05, 0) is 77.0 Å². The molecule has 1 fully saturated rings. The van der Waals surface area contributed by atoms with Crippen LogP contribution in [0.25, 0.3) is 0 Å². The molecule has 7 nitrogen and oxygen atoms in total. The molecule has 0 amide bonds. The van der Waals surface area contributed by atoms with Crippen LogP contribution in [0.4, 0.5) is 0 Å². The standard InChI is InChI=1S/C34H56O7/c1-10-40-34(37)29(15-13-11-12-14-23(2)20-27(6)33(36)39-9)21-24(3)16-18-30(35)19-17-25(4)32-26(5)22-31(41-32)28(7)38-8/h13,15,17,19-21,23-26,28,30-32,35H,10-12,14,16,18,22H2,1-9H3/b15-13+,19-17+,27-20+,29-21+/t23-,24-,25+,26+,28+,30+,31-,32+/m1/s1. The summed E-state index contributed by atoms with van der Waals surface area (Å²) < 4.78 is 21.7. The maximum Gasteiger partial charge on any atom is 0.337 e. The Morgan fingerprint density at radius 2 is 1.68 bits per heavy atom. The van der Waals surface area contributed by atoms with Gasteiger partial charge in [-0.3, -0.25) is 0 Å². The highest BCUT2D eigenvalue weighted by molar-refractivity contribution is 5.91. The van der Waals surface area contributed by atoms with Crippen LogP contribution in [0.1, 0.15) is 87.0 Å². The van der Waals surface area contributed by atoms with Gasteiger partial charge < -0.3 is 24.1 Å². The van der Waals surface area contributed by atoms with Crippen molar-refractivity contribution in [1.82, 2.24) is 0 Å². The van der Waals surface area contributed by atoms with E-state index in [2.05, 4.69) is 33.8 Å². The SMILES string of the molecule is CCOC(=O)C(/C=C/CCC[C@@H](C)/C=C(\C)C(=O)OC)=C/[C@H](C)CC[C@H](O)/C=C/[C@H](C)[C@@H]1O[C@@H]([C@H](C)OC)C[C@@H]1C. The van der Waals surface area contributed by atoms with Gasteiger partial charge >= 0.3 is 11.9 Å². The highest BCUT2D eigenvalue weighted by Crippen LogP contribution is 2.33. The molecule has 0 spiro atoms. The number of carbonyl (C=O) groups is 2. The Bertz CT molecular complexity index is 903. The smallest absolute Gasteiger partial charge is 0.337 e. The zero-order valence-corrected chi connectivity index (χ0v) is 26.9. The van der Waals surface area contributed by atoms with Gasteiger partial charge in [-0.1, -0.05) is 64.2 Å². The molecule has 0 aliphatic carbocycles. The molecule has 41 heavy (non-hydrogen) atoms. The minimum Gasteiger partial charge on any atom is -0.466 e. The lowest BCUT2D eigenvalue weighted by atomic mass is 9.91. The molecular formula is C34H56O7. The maximum absolute atomic E-state index is 12.5. The fourth-order valence-corrected chi connectivity index (χ4v) is 5.23. The molecule has 0 bridgehead atoms. The molecule has 7 heteroatoms. The van der Waals surface area contributed by atoms with E-state index < -0.39 is 6.10 Å². The van der Waals surface area contributed by atoms with Gasteiger partial charge in [0.1, 0.15) is 0 Å². The summed E-state index contributed by atoms with van der Waals surface area (Å²) >= 11 is 0. The number of aliphatic hydroxyl groups excluding tert-OH is 1. The molecule has 1 aliphatic rings. The molecule has 0 saturated carbocycles. The van der Waals surface area contributed by atoms with Crippen LogP contribution >= 0.6 is 0 Å². The molecule has 8 atom stereocenters. The topological polar surface area (TPSA) is 91.3 Å². The Kier molecular flexibility index (Phi) is 17.8. The maximum atomic E-state index is 12.5. The van der Waals surface area contributed by atoms with Crippen molar-refractivity contribution in [3.05, 3.63) is 47.6 Å². The number of esters is 2. The number of aliphatic hydroxyl groups is 1. The van der Waals surface area contributed by atoms with Gasteiger partial charge in [0.25, 0.3) is 0 Å². The van der Waals surface area contributed by atoms with Gasteiger partial charge in [-0.25, -0.2) is 9.59 Å². The zero-order valence-electron chi connectivity index (χ0n) is 26.9. The average Bonchev–Trinajstić information content (AvgIpc) is 3.34. The Morgan fingerprint density at radius 3 is 2.32 bits per heavy atom. The molecule has 1 aliphatic heterocycles. The summed E-state index contributed by atoms with van der Waals surface area (Å²) in [5.74, 6) is 0.360. The number of ether oxygens (including phenoxy) is 4. The Morgan fingerprint density at radius 1 is 1.00 bits per heavy atom. The van der Waals surface area contributed by atoms with Gasteiger partial charge in [0.15, 0.2) is 0 Å². The summed E-state index contributed by atoms with van der Waals surface area (Å²) in [7, 11) is 3.10. The first kappa shape index (κ1) is 36.8. The number of unbranched alkanes of at least 4 members (excludes halogenated alkanes) is 1. The third kappa shape index (κ3) is 14.0. The van der Waals surface area contributed by atoms with Crippen LogP contribution in [-0.4, -0.2) is 62.3 Å². The van der Waals surface area contributed by atoms with Crippen LogP contribution in [0.5, 0.6) is 0 Å². The number of hydrogen-bond acceptors (Lipinski definition) is 7. The van der Waals surface area contributed by atoms with Gasteiger partial charge in [-0.15, -0.1) is 0 Å². The molecule has 1 saturated heterocycles. The highest BCUT2D eigenvalue weighted by Gasteiger charge is 2.37. The van der Waals surface area contributed by atoms with E-state index in [4.69, 9.17) is 18.9 Å². The van der Waals surface area contributed by atoms with Gasteiger partial charge in [-0.2, -0.15) is 0 Å². The van der Waals surface area contributed by atoms with Crippen LogP contribution in [0, 0.1) is 23.7 Å². The van der Waals surface area contributed by atoms with Crippen LogP contribution < -0.4 is 0 Å². The molecule has 1 N–H and O–H groups in total. The van der Waals surface area contributed by atoms with E-state index in [0.29, 0.717) is 30.1 Å². The van der Waals surface area contributed by atoms with E-state index >= 15 is 0 Å². The second-order valence-electron chi connectivity index (χ2n) is 11.7. The molecular weight excluding hydrogens is 520 g/mol. The summed E-state index contributed by atoms with van der Waals surface area (Å²) in [6, 6.07) is 0. The van der Waals surface area contributed by atoms with Crippen molar-refractivity contribution >= 4 is 11.9 Å². The summed E-state index contributed by atoms with van der Waals surface area (Å²) in [6.45, 7) is 14.4. The number of rotatable bonds is 18. The van der Waals surface area contributed by atoms with Crippen molar-refractivity contribution in [2.75, 3.05) is 20.8 Å². The molecule has 0 aromatic heterocycles. The monoisotopic (exact) mass is 576 g/mol. The molecule has 1 rings (SSSR count). The minimum atomic E-state index is -0.556. The van der Waals surface area contributed by atoms with Crippen molar-refractivity contribution < 1.29 is 33.6 Å². The lowest BCUT2D eigenvalue weighted by molar-refractivity contribution is -0.138. The number of carbonyl (C=O) groups excluding carboxylic acids is 2. The van der Waals surface area contributed by atoms with Crippen molar-refractivity contribution in [2.45, 2.75) is 111 Å². The largest absolute Gasteiger partial charge is 0.466 e. The fourth-order valence-electron chi connectivity index (χ4n) is 5.23. The first-order chi connectivity index (χ1) is 19.4. The molecule has 0 unspecified atom stereocenters. The molecule has 0 radical (unpaired) electrons. The Hall–Kier alpha value is -2.22. The highest BCUT2D eigenvalue weighted by atomic mass is 16.5. The van der Waals surface area contributed by atoms with Gasteiger partial charge in [0.2, 0.25) is 0 Å². The third-order valence-electron chi connectivity index (χ3n) is 7.81.